The number of ether oxygens (including phenoxy) is 1. The predicted octanol–water partition coefficient (Wildman–Crippen LogP) is 2.79. The number of morpholine rings is 1. The number of anilines is 2. The Balaban J connectivity index is 1.67. The van der Waals surface area contributed by atoms with Crippen molar-refractivity contribution >= 4 is 17.3 Å². The second kappa shape index (κ2) is 9.25. The van der Waals surface area contributed by atoms with Gasteiger partial charge in [-0.1, -0.05) is 31.4 Å². The minimum absolute atomic E-state index is 0.104. The van der Waals surface area contributed by atoms with Gasteiger partial charge in [0.1, 0.15) is 11.6 Å². The minimum atomic E-state index is -0.296. The third kappa shape index (κ3) is 4.77. The van der Waals surface area contributed by atoms with Gasteiger partial charge >= 0.3 is 0 Å². The molecule has 26 heavy (non-hydrogen) atoms. The molecular weight excluding hydrogens is 328 g/mol. The third-order valence-electron chi connectivity index (χ3n) is 4.93. The summed E-state index contributed by atoms with van der Waals surface area (Å²) in [7, 11) is 0. The van der Waals surface area contributed by atoms with Crippen LogP contribution in [0.5, 0.6) is 0 Å². The summed E-state index contributed by atoms with van der Waals surface area (Å²) >= 11 is 0. The fraction of sp³-hybridized carbons (Fsp3) is 0.500. The van der Waals surface area contributed by atoms with E-state index in [1.807, 2.05) is 30.3 Å². The molecule has 0 radical (unpaired) electrons. The molecule has 0 unspecified atom stereocenters. The Kier molecular flexibility index (Phi) is 6.50. The highest BCUT2D eigenvalue weighted by Crippen LogP contribution is 2.26. The number of carbonyl (C=O) groups is 1. The number of amides is 1. The van der Waals surface area contributed by atoms with E-state index in [4.69, 9.17) is 4.74 Å². The van der Waals surface area contributed by atoms with Gasteiger partial charge in [-0.25, -0.2) is 0 Å². The first-order chi connectivity index (χ1) is 12.8. The van der Waals surface area contributed by atoms with E-state index in [1.165, 1.54) is 12.6 Å². The lowest BCUT2D eigenvalue weighted by Crippen LogP contribution is -2.37. The van der Waals surface area contributed by atoms with Crippen LogP contribution in [0.4, 0.5) is 11.4 Å². The molecule has 0 bridgehead atoms. The van der Waals surface area contributed by atoms with Gasteiger partial charge in [0.2, 0.25) is 0 Å². The monoisotopic (exact) mass is 354 g/mol. The van der Waals surface area contributed by atoms with Gasteiger partial charge in [0, 0.05) is 25.3 Å². The number of hydrogen-bond acceptors (Lipinski definition) is 5. The molecule has 6 heteroatoms. The Hall–Kier alpha value is -2.52. The molecule has 2 aliphatic rings. The van der Waals surface area contributed by atoms with Crippen LogP contribution >= 0.6 is 0 Å². The zero-order valence-electron chi connectivity index (χ0n) is 15.0. The van der Waals surface area contributed by atoms with Crippen molar-refractivity contribution in [2.75, 3.05) is 36.5 Å². The molecule has 2 N–H and O–H groups in total. The Morgan fingerprint density at radius 1 is 1.19 bits per heavy atom. The summed E-state index contributed by atoms with van der Waals surface area (Å²) in [5, 5.41) is 15.5. The lowest BCUT2D eigenvalue weighted by molar-refractivity contribution is -0.118. The smallest absolute Gasteiger partial charge is 0.263 e. The molecule has 1 saturated carbocycles. The highest BCUT2D eigenvalue weighted by atomic mass is 16.5. The van der Waals surface area contributed by atoms with Crippen LogP contribution in [-0.2, 0) is 9.53 Å². The van der Waals surface area contributed by atoms with Crippen molar-refractivity contribution in [2.24, 2.45) is 0 Å². The molecule has 1 aromatic carbocycles. The molecule has 1 aliphatic carbocycles. The summed E-state index contributed by atoms with van der Waals surface area (Å²) in [5.41, 5.74) is 2.04. The Bertz CT molecular complexity index is 683. The Labute approximate surface area is 154 Å². The number of nitrogens with one attached hydrogen (secondary N) is 2. The zero-order chi connectivity index (χ0) is 18.2. The average Bonchev–Trinajstić information content (AvgIpc) is 2.70. The van der Waals surface area contributed by atoms with Crippen LogP contribution in [0.15, 0.2) is 36.0 Å². The highest BCUT2D eigenvalue weighted by molar-refractivity contribution is 5.97. The molecule has 6 nitrogen and oxygen atoms in total. The standard InChI is InChI=1S/C20H26N4O2/c21-14-16(20(25)23-17-6-2-1-3-7-17)15-22-18-8-4-5-9-19(18)24-10-12-26-13-11-24/h4-5,8-9,15,17,22H,1-3,6-7,10-13H2,(H,23,25)/b16-15-. The van der Waals surface area contributed by atoms with E-state index in [0.29, 0.717) is 13.2 Å². The maximum absolute atomic E-state index is 12.4. The number of hydrogen-bond donors (Lipinski definition) is 2. The second-order valence-electron chi connectivity index (χ2n) is 6.74. The average molecular weight is 354 g/mol. The molecule has 138 valence electrons. The largest absolute Gasteiger partial charge is 0.378 e. The van der Waals surface area contributed by atoms with Crippen LogP contribution in [0.1, 0.15) is 32.1 Å². The van der Waals surface area contributed by atoms with Gasteiger partial charge in [0.15, 0.2) is 0 Å². The molecule has 2 fully saturated rings. The van der Waals surface area contributed by atoms with Gasteiger partial charge in [0.05, 0.1) is 24.6 Å². The van der Waals surface area contributed by atoms with Crippen molar-refractivity contribution in [3.8, 4) is 6.07 Å². The maximum Gasteiger partial charge on any atom is 0.263 e. The van der Waals surface area contributed by atoms with Crippen LogP contribution in [0.3, 0.4) is 0 Å². The zero-order valence-corrected chi connectivity index (χ0v) is 15.0. The van der Waals surface area contributed by atoms with E-state index in [1.54, 1.807) is 0 Å². The van der Waals surface area contributed by atoms with E-state index in [2.05, 4.69) is 15.5 Å². The molecule has 0 atom stereocenters. The van der Waals surface area contributed by atoms with E-state index in [9.17, 15) is 10.1 Å². The number of nitriles is 1. The molecule has 1 amide bonds. The minimum Gasteiger partial charge on any atom is -0.378 e. The first kappa shape index (κ1) is 18.3. The van der Waals surface area contributed by atoms with Crippen molar-refractivity contribution < 1.29 is 9.53 Å². The summed E-state index contributed by atoms with van der Waals surface area (Å²) in [5.74, 6) is -0.296. The third-order valence-corrected chi connectivity index (χ3v) is 4.93. The first-order valence-electron chi connectivity index (χ1n) is 9.37. The van der Waals surface area contributed by atoms with Crippen LogP contribution in [0.25, 0.3) is 0 Å². The first-order valence-corrected chi connectivity index (χ1v) is 9.37. The number of rotatable bonds is 5. The molecule has 1 saturated heterocycles. The number of carbonyl (C=O) groups excluding carboxylic acids is 1. The Morgan fingerprint density at radius 3 is 2.65 bits per heavy atom. The van der Waals surface area contributed by atoms with Crippen molar-refractivity contribution in [1.82, 2.24) is 5.32 Å². The molecule has 1 aliphatic heterocycles. The SMILES string of the molecule is N#C/C(=C/Nc1ccccc1N1CCOCC1)C(=O)NC1CCCCC1. The molecule has 1 aromatic rings. The van der Waals surface area contributed by atoms with Gasteiger partial charge in [-0.2, -0.15) is 5.26 Å². The summed E-state index contributed by atoms with van der Waals surface area (Å²) in [6.45, 7) is 3.07. The molecule has 1 heterocycles. The fourth-order valence-corrected chi connectivity index (χ4v) is 3.48. The van der Waals surface area contributed by atoms with Gasteiger partial charge in [-0.15, -0.1) is 0 Å². The summed E-state index contributed by atoms with van der Waals surface area (Å²) in [4.78, 5) is 14.6. The van der Waals surface area contributed by atoms with E-state index in [0.717, 1.165) is 50.1 Å². The predicted molar refractivity (Wildman–Crippen MR) is 102 cm³/mol. The van der Waals surface area contributed by atoms with Crippen LogP contribution in [-0.4, -0.2) is 38.3 Å². The Morgan fingerprint density at radius 2 is 1.92 bits per heavy atom. The van der Waals surface area contributed by atoms with E-state index < -0.39 is 0 Å². The normalized spacial score (nSPS) is 18.9. The lowest BCUT2D eigenvalue weighted by atomic mass is 9.95. The topological polar surface area (TPSA) is 77.4 Å². The van der Waals surface area contributed by atoms with Crippen LogP contribution < -0.4 is 15.5 Å². The van der Waals surface area contributed by atoms with Gasteiger partial charge < -0.3 is 20.3 Å². The summed E-state index contributed by atoms with van der Waals surface area (Å²) in [6.07, 6.45) is 7.02. The maximum atomic E-state index is 12.4. The van der Waals surface area contributed by atoms with Crippen molar-refractivity contribution in [1.29, 1.82) is 5.26 Å². The highest BCUT2D eigenvalue weighted by Gasteiger charge is 2.18. The molecule has 3 rings (SSSR count). The van der Waals surface area contributed by atoms with Crippen molar-refractivity contribution in [3.05, 3.63) is 36.0 Å². The molecule has 0 spiro atoms. The molecule has 0 aromatic heterocycles. The van der Waals surface area contributed by atoms with E-state index in [-0.39, 0.29) is 17.5 Å². The quantitative estimate of drug-likeness (QED) is 0.628. The number of benzene rings is 1. The van der Waals surface area contributed by atoms with Crippen molar-refractivity contribution in [2.45, 2.75) is 38.1 Å². The van der Waals surface area contributed by atoms with Crippen LogP contribution in [0, 0.1) is 11.3 Å². The number of para-hydroxylation sites is 2. The summed E-state index contributed by atoms with van der Waals surface area (Å²) in [6, 6.07) is 10.1. The second-order valence-corrected chi connectivity index (χ2v) is 6.74. The van der Waals surface area contributed by atoms with Gasteiger partial charge in [-0.05, 0) is 25.0 Å². The molecular formula is C20H26N4O2. The fourth-order valence-electron chi connectivity index (χ4n) is 3.48. The summed E-state index contributed by atoms with van der Waals surface area (Å²) < 4.78 is 5.41. The number of nitrogens with zero attached hydrogens (tertiary/aromatic N) is 2. The lowest BCUT2D eigenvalue weighted by Gasteiger charge is -2.30. The van der Waals surface area contributed by atoms with E-state index >= 15 is 0 Å². The van der Waals surface area contributed by atoms with Gasteiger partial charge in [0.25, 0.3) is 5.91 Å². The van der Waals surface area contributed by atoms with Gasteiger partial charge in [-0.3, -0.25) is 4.79 Å². The van der Waals surface area contributed by atoms with Crippen LogP contribution in [0.2, 0.25) is 0 Å². The van der Waals surface area contributed by atoms with Crippen molar-refractivity contribution in [3.63, 3.8) is 0 Å².